The number of rotatable bonds is 3. The van der Waals surface area contributed by atoms with E-state index >= 15 is 0 Å². The molecule has 7 aromatic carbocycles. The lowest BCUT2D eigenvalue weighted by atomic mass is 9.66. The maximum atomic E-state index is 2.59. The van der Waals surface area contributed by atoms with Crippen LogP contribution in [0.2, 0.25) is 0 Å². The molecule has 222 valence electrons. The summed E-state index contributed by atoms with van der Waals surface area (Å²) in [6, 6.07) is 59.3. The molecule has 0 saturated carbocycles. The van der Waals surface area contributed by atoms with Crippen LogP contribution in [0.1, 0.15) is 47.2 Å². The first kappa shape index (κ1) is 26.9. The van der Waals surface area contributed by atoms with Gasteiger partial charge >= 0.3 is 0 Å². The van der Waals surface area contributed by atoms with Gasteiger partial charge in [-0.3, -0.25) is 0 Å². The lowest BCUT2D eigenvalue weighted by molar-refractivity contribution is 0.656. The molecule has 1 aromatic heterocycles. The molecule has 2 aliphatic rings. The highest BCUT2D eigenvalue weighted by molar-refractivity contribution is 7.26. The van der Waals surface area contributed by atoms with Crippen LogP contribution in [-0.4, -0.2) is 0 Å². The van der Waals surface area contributed by atoms with Gasteiger partial charge in [-0.05, 0) is 85.0 Å². The molecule has 0 fully saturated rings. The molecule has 10 rings (SSSR count). The number of thiophene rings is 1. The maximum absolute atomic E-state index is 2.59. The zero-order valence-electron chi connectivity index (χ0n) is 26.4. The van der Waals surface area contributed by atoms with Gasteiger partial charge in [-0.25, -0.2) is 0 Å². The van der Waals surface area contributed by atoms with Crippen molar-refractivity contribution in [2.24, 2.45) is 0 Å². The SMILES string of the molecule is CC1(C)c2ccccc2-c2cc3c(cc21)C(c1ccccc1)(c1ccc(-c2ccccc2)cc1)c1ccc2sc4ccccc4c2c1-3. The van der Waals surface area contributed by atoms with Crippen LogP contribution in [0.25, 0.3) is 53.6 Å². The van der Waals surface area contributed by atoms with E-state index in [1.807, 2.05) is 11.3 Å². The van der Waals surface area contributed by atoms with Crippen LogP contribution in [0.5, 0.6) is 0 Å². The van der Waals surface area contributed by atoms with Gasteiger partial charge in [-0.15, -0.1) is 11.3 Å². The van der Waals surface area contributed by atoms with Crippen LogP contribution in [0.15, 0.2) is 158 Å². The molecule has 0 radical (unpaired) electrons. The summed E-state index contributed by atoms with van der Waals surface area (Å²) in [5.41, 5.74) is 15.6. The van der Waals surface area contributed by atoms with E-state index in [0.717, 1.165) is 0 Å². The monoisotopic (exact) mass is 616 g/mol. The van der Waals surface area contributed by atoms with Gasteiger partial charge in [-0.1, -0.05) is 153 Å². The molecule has 1 atom stereocenters. The molecular weight excluding hydrogens is 585 g/mol. The lowest BCUT2D eigenvalue weighted by Gasteiger charge is -2.35. The lowest BCUT2D eigenvalue weighted by Crippen LogP contribution is -2.29. The zero-order chi connectivity index (χ0) is 31.3. The van der Waals surface area contributed by atoms with Crippen molar-refractivity contribution in [1.82, 2.24) is 0 Å². The Morgan fingerprint density at radius 3 is 1.89 bits per heavy atom. The summed E-state index contributed by atoms with van der Waals surface area (Å²) in [4.78, 5) is 0. The smallest absolute Gasteiger partial charge is 0.0713 e. The Balaban J connectivity index is 1.37. The number of hydrogen-bond acceptors (Lipinski definition) is 1. The van der Waals surface area contributed by atoms with Crippen LogP contribution in [0.4, 0.5) is 0 Å². The molecule has 1 unspecified atom stereocenters. The van der Waals surface area contributed by atoms with Gasteiger partial charge < -0.3 is 0 Å². The van der Waals surface area contributed by atoms with E-state index in [4.69, 9.17) is 0 Å². The molecule has 1 heterocycles. The van der Waals surface area contributed by atoms with Gasteiger partial charge in [0, 0.05) is 25.6 Å². The predicted octanol–water partition coefficient (Wildman–Crippen LogP) is 12.4. The molecule has 0 aliphatic heterocycles. The molecular formula is C46H32S. The summed E-state index contributed by atoms with van der Waals surface area (Å²) in [6.07, 6.45) is 0. The highest BCUT2D eigenvalue weighted by Gasteiger charge is 2.49. The number of benzene rings is 7. The second kappa shape index (κ2) is 9.64. The fourth-order valence-corrected chi connectivity index (χ4v) is 9.95. The third-order valence-corrected chi connectivity index (χ3v) is 12.1. The van der Waals surface area contributed by atoms with Crippen molar-refractivity contribution >= 4 is 31.5 Å². The Kier molecular flexibility index (Phi) is 5.52. The van der Waals surface area contributed by atoms with Gasteiger partial charge in [0.2, 0.25) is 0 Å². The highest BCUT2D eigenvalue weighted by atomic mass is 32.1. The van der Waals surface area contributed by atoms with E-state index in [0.29, 0.717) is 0 Å². The minimum Gasteiger partial charge on any atom is -0.135 e. The summed E-state index contributed by atoms with van der Waals surface area (Å²) in [6.45, 7) is 4.80. The average molecular weight is 617 g/mol. The van der Waals surface area contributed by atoms with Crippen LogP contribution in [0.3, 0.4) is 0 Å². The van der Waals surface area contributed by atoms with Crippen molar-refractivity contribution in [2.45, 2.75) is 24.7 Å². The Labute approximate surface area is 279 Å². The predicted molar refractivity (Wildman–Crippen MR) is 200 cm³/mol. The molecule has 0 saturated heterocycles. The average Bonchev–Trinajstić information content (AvgIpc) is 3.72. The van der Waals surface area contributed by atoms with E-state index < -0.39 is 5.41 Å². The van der Waals surface area contributed by atoms with Crippen molar-refractivity contribution in [1.29, 1.82) is 0 Å². The second-order valence-electron chi connectivity index (χ2n) is 13.6. The molecule has 8 aromatic rings. The Morgan fingerprint density at radius 1 is 0.426 bits per heavy atom. The summed E-state index contributed by atoms with van der Waals surface area (Å²) < 4.78 is 2.69. The summed E-state index contributed by atoms with van der Waals surface area (Å²) in [7, 11) is 0. The first-order valence-corrected chi connectivity index (χ1v) is 17.3. The van der Waals surface area contributed by atoms with Crippen molar-refractivity contribution in [3.63, 3.8) is 0 Å². The van der Waals surface area contributed by atoms with E-state index in [2.05, 4.69) is 172 Å². The van der Waals surface area contributed by atoms with Crippen molar-refractivity contribution < 1.29 is 0 Å². The fourth-order valence-electron chi connectivity index (χ4n) is 8.84. The van der Waals surface area contributed by atoms with Gasteiger partial charge in [0.15, 0.2) is 0 Å². The van der Waals surface area contributed by atoms with Crippen molar-refractivity contribution in [3.05, 3.63) is 191 Å². The van der Waals surface area contributed by atoms with Crippen LogP contribution in [-0.2, 0) is 10.8 Å². The summed E-state index contributed by atoms with van der Waals surface area (Å²) in [5, 5.41) is 2.73. The first-order chi connectivity index (χ1) is 23.1. The normalized spacial score (nSPS) is 17.0. The third kappa shape index (κ3) is 3.53. The minimum absolute atomic E-state index is 0.0975. The van der Waals surface area contributed by atoms with Gasteiger partial charge in [-0.2, -0.15) is 0 Å². The molecule has 1 heteroatoms. The van der Waals surface area contributed by atoms with E-state index in [1.165, 1.54) is 86.9 Å². The first-order valence-electron chi connectivity index (χ1n) is 16.5. The van der Waals surface area contributed by atoms with Gasteiger partial charge in [0.05, 0.1) is 5.41 Å². The van der Waals surface area contributed by atoms with E-state index in [1.54, 1.807) is 0 Å². The maximum Gasteiger partial charge on any atom is 0.0713 e. The quantitative estimate of drug-likeness (QED) is 0.185. The Morgan fingerprint density at radius 2 is 1.09 bits per heavy atom. The minimum atomic E-state index is -0.474. The standard InChI is InChI=1S/C46H32S/c1-45(2)37-19-11-9-17-33(37)35-27-36-40(28-39(35)45)46(31-15-7-4-8-16-31,32-23-21-30(22-24-32)29-13-5-3-6-14-29)38-25-26-42-44(43(36)38)34-18-10-12-20-41(34)47-42/h3-28H,1-2H3. The molecule has 0 N–H and O–H groups in total. The molecule has 0 amide bonds. The molecule has 2 aliphatic carbocycles. The third-order valence-electron chi connectivity index (χ3n) is 11.0. The number of fused-ring (bicyclic) bond motifs is 10. The van der Waals surface area contributed by atoms with Crippen molar-refractivity contribution in [2.75, 3.05) is 0 Å². The Hall–Kier alpha value is -5.24. The summed E-state index contributed by atoms with van der Waals surface area (Å²) in [5.74, 6) is 0. The second-order valence-corrected chi connectivity index (χ2v) is 14.7. The van der Waals surface area contributed by atoms with Crippen molar-refractivity contribution in [3.8, 4) is 33.4 Å². The van der Waals surface area contributed by atoms with E-state index in [9.17, 15) is 0 Å². The Bertz CT molecular complexity index is 2520. The molecule has 47 heavy (non-hydrogen) atoms. The van der Waals surface area contributed by atoms with E-state index in [-0.39, 0.29) is 5.41 Å². The highest BCUT2D eigenvalue weighted by Crippen LogP contribution is 2.62. The van der Waals surface area contributed by atoms with Crippen LogP contribution in [0, 0.1) is 0 Å². The van der Waals surface area contributed by atoms with Gasteiger partial charge in [0.1, 0.15) is 0 Å². The largest absolute Gasteiger partial charge is 0.135 e. The topological polar surface area (TPSA) is 0 Å². The summed E-state index contributed by atoms with van der Waals surface area (Å²) >= 11 is 1.91. The molecule has 0 spiro atoms. The van der Waals surface area contributed by atoms with Crippen LogP contribution >= 0.6 is 11.3 Å². The number of hydrogen-bond donors (Lipinski definition) is 0. The zero-order valence-corrected chi connectivity index (χ0v) is 27.2. The molecule has 0 bridgehead atoms. The molecule has 0 nitrogen and oxygen atoms in total. The fraction of sp³-hybridized carbons (Fsp3) is 0.0870. The van der Waals surface area contributed by atoms with Gasteiger partial charge in [0.25, 0.3) is 0 Å². The van der Waals surface area contributed by atoms with Crippen LogP contribution < -0.4 is 0 Å².